The fourth-order valence-corrected chi connectivity index (χ4v) is 3.51. The molecule has 4 heteroatoms. The molecular formula is C24H20O4. The number of hydrogen-bond donors (Lipinski definition) is 0. The van der Waals surface area contributed by atoms with Gasteiger partial charge in [0, 0.05) is 5.56 Å². The number of Topliss-reactive ketones (excluding diaryl/α,β-unsaturated/α-hetero) is 1. The predicted octanol–water partition coefficient (Wildman–Crippen LogP) is 4.70. The van der Waals surface area contributed by atoms with Gasteiger partial charge in [-0.05, 0) is 53.8 Å². The van der Waals surface area contributed by atoms with Crippen molar-refractivity contribution in [1.29, 1.82) is 0 Å². The van der Waals surface area contributed by atoms with Crippen LogP contribution >= 0.6 is 0 Å². The molecule has 0 spiro atoms. The maximum atomic E-state index is 12.6. The van der Waals surface area contributed by atoms with Crippen molar-refractivity contribution in [2.45, 2.75) is 13.3 Å². The second kappa shape index (κ2) is 7.69. The van der Waals surface area contributed by atoms with Gasteiger partial charge in [0.15, 0.2) is 12.4 Å². The molecule has 0 fully saturated rings. The van der Waals surface area contributed by atoms with E-state index in [4.69, 9.17) is 9.47 Å². The van der Waals surface area contributed by atoms with Gasteiger partial charge in [0.1, 0.15) is 11.3 Å². The summed E-state index contributed by atoms with van der Waals surface area (Å²) in [4.78, 5) is 25.0. The van der Waals surface area contributed by atoms with Crippen molar-refractivity contribution in [2.75, 3.05) is 13.2 Å². The van der Waals surface area contributed by atoms with Gasteiger partial charge in [-0.25, -0.2) is 4.79 Å². The molecular weight excluding hydrogens is 352 g/mol. The lowest BCUT2D eigenvalue weighted by molar-refractivity contribution is 0.0471. The summed E-state index contributed by atoms with van der Waals surface area (Å²) >= 11 is 0. The zero-order valence-corrected chi connectivity index (χ0v) is 15.6. The monoisotopic (exact) mass is 372 g/mol. The van der Waals surface area contributed by atoms with Crippen LogP contribution in [-0.2, 0) is 11.2 Å². The molecule has 0 atom stereocenters. The van der Waals surface area contributed by atoms with E-state index in [0.29, 0.717) is 23.5 Å². The Hall–Kier alpha value is -3.40. The van der Waals surface area contributed by atoms with Crippen molar-refractivity contribution in [3.63, 3.8) is 0 Å². The molecule has 0 radical (unpaired) electrons. The first kappa shape index (κ1) is 18.0. The second-order valence-corrected chi connectivity index (χ2v) is 6.63. The third-order valence-electron chi connectivity index (χ3n) is 4.86. The van der Waals surface area contributed by atoms with Gasteiger partial charge in [0.25, 0.3) is 0 Å². The molecule has 3 aromatic rings. The fourth-order valence-electron chi connectivity index (χ4n) is 3.51. The van der Waals surface area contributed by atoms with Crippen LogP contribution in [0.2, 0.25) is 0 Å². The normalized spacial score (nSPS) is 11.5. The zero-order valence-electron chi connectivity index (χ0n) is 15.6. The summed E-state index contributed by atoms with van der Waals surface area (Å²) in [5.74, 6) is -0.338. The first-order valence-corrected chi connectivity index (χ1v) is 9.30. The molecule has 1 aliphatic rings. The molecule has 0 aromatic heterocycles. The lowest BCUT2D eigenvalue weighted by atomic mass is 10.0. The first-order chi connectivity index (χ1) is 13.7. The average molecular weight is 372 g/mol. The van der Waals surface area contributed by atoms with Crippen LogP contribution in [0.15, 0.2) is 66.7 Å². The van der Waals surface area contributed by atoms with Gasteiger partial charge in [-0.15, -0.1) is 0 Å². The summed E-state index contributed by atoms with van der Waals surface area (Å²) in [5.41, 5.74) is 5.58. The van der Waals surface area contributed by atoms with Gasteiger partial charge in [-0.1, -0.05) is 48.5 Å². The van der Waals surface area contributed by atoms with Gasteiger partial charge in [0.2, 0.25) is 0 Å². The number of benzene rings is 3. The smallest absolute Gasteiger partial charge is 0.342 e. The van der Waals surface area contributed by atoms with E-state index < -0.39 is 5.97 Å². The molecule has 0 saturated heterocycles. The molecule has 0 N–H and O–H groups in total. The highest BCUT2D eigenvalue weighted by Crippen LogP contribution is 2.36. The Morgan fingerprint density at radius 2 is 1.64 bits per heavy atom. The molecule has 1 aliphatic carbocycles. The van der Waals surface area contributed by atoms with Crippen molar-refractivity contribution in [1.82, 2.24) is 0 Å². The van der Waals surface area contributed by atoms with Crippen LogP contribution in [0.1, 0.15) is 38.8 Å². The van der Waals surface area contributed by atoms with Gasteiger partial charge in [0.05, 0.1) is 6.61 Å². The number of carbonyl (C=O) groups is 2. The highest BCUT2D eigenvalue weighted by Gasteiger charge is 2.20. The molecule has 0 unspecified atom stereocenters. The Morgan fingerprint density at radius 1 is 0.893 bits per heavy atom. The predicted molar refractivity (Wildman–Crippen MR) is 107 cm³/mol. The third-order valence-corrected chi connectivity index (χ3v) is 4.86. The summed E-state index contributed by atoms with van der Waals surface area (Å²) in [6.45, 7) is 1.98. The van der Waals surface area contributed by atoms with E-state index in [-0.39, 0.29) is 12.4 Å². The topological polar surface area (TPSA) is 52.6 Å². The number of para-hydroxylation sites is 1. The quantitative estimate of drug-likeness (QED) is 0.364. The van der Waals surface area contributed by atoms with E-state index in [1.54, 1.807) is 30.3 Å². The SMILES string of the molecule is CCOc1ccccc1C(=O)OCC(=O)c1ccc2c(c1)-c1ccccc1C2. The van der Waals surface area contributed by atoms with Crippen LogP contribution < -0.4 is 4.74 Å². The largest absolute Gasteiger partial charge is 0.493 e. The molecule has 28 heavy (non-hydrogen) atoms. The Morgan fingerprint density at radius 3 is 2.50 bits per heavy atom. The minimum absolute atomic E-state index is 0.227. The highest BCUT2D eigenvalue weighted by molar-refractivity contribution is 6.01. The Kier molecular flexibility index (Phi) is 4.94. The number of ketones is 1. The van der Waals surface area contributed by atoms with Gasteiger partial charge < -0.3 is 9.47 Å². The van der Waals surface area contributed by atoms with Crippen molar-refractivity contribution in [3.8, 4) is 16.9 Å². The minimum Gasteiger partial charge on any atom is -0.493 e. The second-order valence-electron chi connectivity index (χ2n) is 6.63. The molecule has 0 aliphatic heterocycles. The first-order valence-electron chi connectivity index (χ1n) is 9.30. The third kappa shape index (κ3) is 3.41. The molecule has 0 saturated carbocycles. The van der Waals surface area contributed by atoms with Gasteiger partial charge in [-0.3, -0.25) is 4.79 Å². The zero-order chi connectivity index (χ0) is 19.5. The Bertz CT molecular complexity index is 1050. The maximum absolute atomic E-state index is 12.6. The Labute approximate surface area is 163 Å². The van der Waals surface area contributed by atoms with Crippen LogP contribution in [0, 0.1) is 0 Å². The average Bonchev–Trinajstić information content (AvgIpc) is 3.10. The maximum Gasteiger partial charge on any atom is 0.342 e. The van der Waals surface area contributed by atoms with E-state index in [2.05, 4.69) is 12.1 Å². The van der Waals surface area contributed by atoms with Crippen LogP contribution in [0.25, 0.3) is 11.1 Å². The van der Waals surface area contributed by atoms with Gasteiger partial charge >= 0.3 is 5.97 Å². The molecule has 4 rings (SSSR count). The number of fused-ring (bicyclic) bond motifs is 3. The highest BCUT2D eigenvalue weighted by atomic mass is 16.5. The van der Waals surface area contributed by atoms with Crippen LogP contribution in [0.3, 0.4) is 0 Å². The van der Waals surface area contributed by atoms with Crippen LogP contribution in [0.4, 0.5) is 0 Å². The van der Waals surface area contributed by atoms with Crippen molar-refractivity contribution in [2.24, 2.45) is 0 Å². The molecule has 4 nitrogen and oxygen atoms in total. The summed E-state index contributed by atoms with van der Waals surface area (Å²) in [5, 5.41) is 0. The molecule has 3 aromatic carbocycles. The summed E-state index contributed by atoms with van der Waals surface area (Å²) in [7, 11) is 0. The van der Waals surface area contributed by atoms with E-state index in [0.717, 1.165) is 17.5 Å². The summed E-state index contributed by atoms with van der Waals surface area (Å²) in [6.07, 6.45) is 0.878. The van der Waals surface area contributed by atoms with Crippen molar-refractivity contribution in [3.05, 3.63) is 89.0 Å². The molecule has 0 heterocycles. The van der Waals surface area contributed by atoms with Crippen LogP contribution in [0.5, 0.6) is 5.75 Å². The van der Waals surface area contributed by atoms with Crippen molar-refractivity contribution < 1.29 is 19.1 Å². The Balaban J connectivity index is 1.48. The molecule has 0 amide bonds. The number of carbonyl (C=O) groups excluding carboxylic acids is 2. The van der Waals surface area contributed by atoms with E-state index in [1.807, 2.05) is 31.2 Å². The molecule has 140 valence electrons. The van der Waals surface area contributed by atoms with Crippen LogP contribution in [-0.4, -0.2) is 25.0 Å². The lowest BCUT2D eigenvalue weighted by Gasteiger charge is -2.10. The minimum atomic E-state index is -0.566. The standard InChI is InChI=1S/C24H20O4/c1-2-27-23-10-6-5-9-20(23)24(26)28-15-22(25)18-12-11-17-13-16-7-3-4-8-19(16)21(17)14-18/h3-12,14H,2,13,15H2,1H3. The van der Waals surface area contributed by atoms with Gasteiger partial charge in [-0.2, -0.15) is 0 Å². The summed E-state index contributed by atoms with van der Waals surface area (Å²) in [6, 6.07) is 20.7. The number of ether oxygens (including phenoxy) is 2. The van der Waals surface area contributed by atoms with E-state index in [1.165, 1.54) is 11.1 Å². The number of hydrogen-bond acceptors (Lipinski definition) is 4. The number of esters is 1. The van der Waals surface area contributed by atoms with Crippen molar-refractivity contribution >= 4 is 11.8 Å². The fraction of sp³-hybridized carbons (Fsp3) is 0.167. The van der Waals surface area contributed by atoms with E-state index in [9.17, 15) is 9.59 Å². The summed E-state index contributed by atoms with van der Waals surface area (Å²) < 4.78 is 10.7. The number of rotatable bonds is 6. The molecule has 0 bridgehead atoms. The van der Waals surface area contributed by atoms with E-state index >= 15 is 0 Å². The lowest BCUT2D eigenvalue weighted by Crippen LogP contribution is -2.15.